The molecule has 0 bridgehead atoms. The lowest BCUT2D eigenvalue weighted by atomic mass is 9.90. The van der Waals surface area contributed by atoms with Gasteiger partial charge in [0.1, 0.15) is 17.9 Å². The van der Waals surface area contributed by atoms with Gasteiger partial charge < -0.3 is 10.2 Å². The lowest BCUT2D eigenvalue weighted by Crippen LogP contribution is -2.35. The van der Waals surface area contributed by atoms with E-state index in [1.807, 2.05) is 0 Å². The lowest BCUT2D eigenvalue weighted by Gasteiger charge is -2.23. The van der Waals surface area contributed by atoms with Crippen LogP contribution in [0.15, 0.2) is 12.4 Å². The van der Waals surface area contributed by atoms with Gasteiger partial charge in [0, 0.05) is 13.1 Å². The summed E-state index contributed by atoms with van der Waals surface area (Å²) >= 11 is 0. The van der Waals surface area contributed by atoms with Gasteiger partial charge in [-0.25, -0.2) is 23.4 Å². The Bertz CT molecular complexity index is 658. The van der Waals surface area contributed by atoms with Gasteiger partial charge in [-0.3, -0.25) is 0 Å². The Labute approximate surface area is 126 Å². The molecule has 0 spiro atoms. The van der Waals surface area contributed by atoms with Gasteiger partial charge in [-0.1, -0.05) is 0 Å². The largest absolute Gasteiger partial charge is 0.355 e. The maximum Gasteiger partial charge on any atom is 0.258 e. The zero-order valence-electron chi connectivity index (χ0n) is 12.1. The monoisotopic (exact) mass is 308 g/mol. The van der Waals surface area contributed by atoms with Crippen LogP contribution >= 0.6 is 0 Å². The Morgan fingerprint density at radius 2 is 2.14 bits per heavy atom. The van der Waals surface area contributed by atoms with E-state index in [0.29, 0.717) is 23.0 Å². The summed E-state index contributed by atoms with van der Waals surface area (Å²) in [6.45, 7) is 3.58. The molecule has 1 N–H and O–H groups in total. The molecule has 2 aliphatic rings. The number of nitrogens with one attached hydrogen (secondary N) is 1. The molecule has 2 fully saturated rings. The van der Waals surface area contributed by atoms with Crippen LogP contribution in [0.25, 0.3) is 11.2 Å². The van der Waals surface area contributed by atoms with Gasteiger partial charge >= 0.3 is 0 Å². The van der Waals surface area contributed by atoms with Crippen molar-refractivity contribution in [2.75, 3.05) is 31.1 Å². The minimum absolute atomic E-state index is 0.436. The van der Waals surface area contributed by atoms with Crippen LogP contribution in [0.3, 0.4) is 0 Å². The molecule has 2 aromatic heterocycles. The number of halogens is 2. The van der Waals surface area contributed by atoms with Crippen LogP contribution in [0.1, 0.15) is 6.42 Å². The fourth-order valence-electron chi connectivity index (χ4n) is 3.52. The number of rotatable bonds is 3. The molecule has 118 valence electrons. The van der Waals surface area contributed by atoms with E-state index < -0.39 is 13.0 Å². The minimum atomic E-state index is -2.45. The van der Waals surface area contributed by atoms with Crippen LogP contribution < -0.4 is 10.2 Å². The highest BCUT2D eigenvalue weighted by molar-refractivity contribution is 5.71. The molecule has 4 rings (SSSR count). The third-order valence-corrected chi connectivity index (χ3v) is 4.64. The molecule has 8 heteroatoms. The van der Waals surface area contributed by atoms with Crippen molar-refractivity contribution in [2.24, 2.45) is 11.8 Å². The summed E-state index contributed by atoms with van der Waals surface area (Å²) in [7, 11) is 0. The molecular weight excluding hydrogens is 290 g/mol. The number of anilines is 1. The molecule has 0 aliphatic carbocycles. The third-order valence-electron chi connectivity index (χ3n) is 4.64. The second-order valence-corrected chi connectivity index (χ2v) is 6.07. The van der Waals surface area contributed by atoms with Crippen LogP contribution in [0.4, 0.5) is 14.6 Å². The van der Waals surface area contributed by atoms with Crippen molar-refractivity contribution >= 4 is 17.0 Å². The van der Waals surface area contributed by atoms with Crippen LogP contribution in [0.5, 0.6) is 0 Å². The normalized spacial score (nSPS) is 25.1. The van der Waals surface area contributed by atoms with Crippen LogP contribution in [0, 0.1) is 11.8 Å². The summed E-state index contributed by atoms with van der Waals surface area (Å²) in [6.07, 6.45) is 1.94. The van der Waals surface area contributed by atoms with Gasteiger partial charge in [0.15, 0.2) is 5.65 Å². The number of aromatic nitrogens is 4. The summed E-state index contributed by atoms with van der Waals surface area (Å²) < 4.78 is 26.4. The summed E-state index contributed by atoms with van der Waals surface area (Å²) in [6, 6.07) is 0. The molecule has 0 unspecified atom stereocenters. The summed E-state index contributed by atoms with van der Waals surface area (Å²) in [5.74, 6) is 2.08. The smallest absolute Gasteiger partial charge is 0.258 e. The summed E-state index contributed by atoms with van der Waals surface area (Å²) in [4.78, 5) is 11.1. The maximum absolute atomic E-state index is 12.6. The van der Waals surface area contributed by atoms with Crippen LogP contribution in [-0.2, 0) is 6.54 Å². The van der Waals surface area contributed by atoms with Gasteiger partial charge in [0.05, 0.1) is 12.4 Å². The number of alkyl halides is 2. The first-order chi connectivity index (χ1) is 10.7. The van der Waals surface area contributed by atoms with Crippen molar-refractivity contribution in [3.8, 4) is 0 Å². The Balaban J connectivity index is 1.62. The highest BCUT2D eigenvalue weighted by Crippen LogP contribution is 2.31. The predicted octanol–water partition coefficient (Wildman–Crippen LogP) is 1.14. The van der Waals surface area contributed by atoms with E-state index in [0.717, 1.165) is 32.0 Å². The zero-order chi connectivity index (χ0) is 15.1. The van der Waals surface area contributed by atoms with Crippen molar-refractivity contribution in [3.05, 3.63) is 12.4 Å². The lowest BCUT2D eigenvalue weighted by molar-refractivity contribution is 0.123. The molecule has 0 aromatic carbocycles. The standard InChI is InChI=1S/C14H18F2N6/c15-12(16)8-22-14-11(4-19-22)18-5-13(20-14)21-6-9-1-2-17-3-10(9)7-21/h4-5,9-10,12,17H,1-3,6-8H2/t9-,10+/m0/s1. The van der Waals surface area contributed by atoms with Crippen molar-refractivity contribution in [1.82, 2.24) is 25.1 Å². The predicted molar refractivity (Wildman–Crippen MR) is 78.0 cm³/mol. The molecule has 6 nitrogen and oxygen atoms in total. The fourth-order valence-corrected chi connectivity index (χ4v) is 3.52. The average molecular weight is 308 g/mol. The van der Waals surface area contributed by atoms with Crippen molar-refractivity contribution in [1.29, 1.82) is 0 Å². The van der Waals surface area contributed by atoms with Crippen molar-refractivity contribution < 1.29 is 8.78 Å². The molecule has 2 atom stereocenters. The number of hydrogen-bond acceptors (Lipinski definition) is 5. The van der Waals surface area contributed by atoms with Gasteiger partial charge in [-0.2, -0.15) is 5.10 Å². The van der Waals surface area contributed by atoms with Crippen LogP contribution in [0.2, 0.25) is 0 Å². The van der Waals surface area contributed by atoms with E-state index in [1.54, 1.807) is 6.20 Å². The van der Waals surface area contributed by atoms with E-state index >= 15 is 0 Å². The van der Waals surface area contributed by atoms with Crippen molar-refractivity contribution in [2.45, 2.75) is 19.4 Å². The van der Waals surface area contributed by atoms with E-state index in [1.165, 1.54) is 17.3 Å². The van der Waals surface area contributed by atoms with Gasteiger partial charge in [-0.15, -0.1) is 0 Å². The van der Waals surface area contributed by atoms with Crippen LogP contribution in [-0.4, -0.2) is 52.4 Å². The first-order valence-corrected chi connectivity index (χ1v) is 7.63. The summed E-state index contributed by atoms with van der Waals surface area (Å²) in [5, 5.41) is 7.38. The molecule has 2 aliphatic heterocycles. The molecule has 0 amide bonds. The van der Waals surface area contributed by atoms with Crippen molar-refractivity contribution in [3.63, 3.8) is 0 Å². The Hall–Kier alpha value is -1.83. The SMILES string of the molecule is FC(F)Cn1ncc2ncc(N3C[C@H]4CNCC[C@H]4C3)nc21. The molecule has 4 heterocycles. The second-order valence-electron chi connectivity index (χ2n) is 6.07. The molecule has 22 heavy (non-hydrogen) atoms. The van der Waals surface area contributed by atoms with Gasteiger partial charge in [0.25, 0.3) is 6.43 Å². The summed E-state index contributed by atoms with van der Waals surface area (Å²) in [5.41, 5.74) is 0.994. The van der Waals surface area contributed by atoms with E-state index in [9.17, 15) is 8.78 Å². The Morgan fingerprint density at radius 3 is 2.95 bits per heavy atom. The van der Waals surface area contributed by atoms with Gasteiger partial charge in [-0.05, 0) is 31.3 Å². The average Bonchev–Trinajstić information content (AvgIpc) is 3.10. The number of nitrogens with zero attached hydrogens (tertiary/aromatic N) is 5. The number of fused-ring (bicyclic) bond motifs is 2. The molecule has 2 aromatic rings. The highest BCUT2D eigenvalue weighted by Gasteiger charge is 2.35. The number of hydrogen-bond donors (Lipinski definition) is 1. The first-order valence-electron chi connectivity index (χ1n) is 7.63. The second kappa shape index (κ2) is 5.42. The fraction of sp³-hybridized carbons (Fsp3) is 0.643. The third kappa shape index (κ3) is 2.41. The molecular formula is C14H18F2N6. The minimum Gasteiger partial charge on any atom is -0.355 e. The molecule has 0 saturated carbocycles. The topological polar surface area (TPSA) is 58.9 Å². The maximum atomic E-state index is 12.6. The Morgan fingerprint density at radius 1 is 1.27 bits per heavy atom. The molecule has 2 saturated heterocycles. The highest BCUT2D eigenvalue weighted by atomic mass is 19.3. The number of piperidine rings is 1. The van der Waals surface area contributed by atoms with Gasteiger partial charge in [0.2, 0.25) is 0 Å². The Kier molecular flexibility index (Phi) is 3.40. The first kappa shape index (κ1) is 13.8. The zero-order valence-corrected chi connectivity index (χ0v) is 12.1. The van der Waals surface area contributed by atoms with E-state index in [4.69, 9.17) is 0 Å². The quantitative estimate of drug-likeness (QED) is 0.921. The molecule has 0 radical (unpaired) electrons. The van der Waals surface area contributed by atoms with E-state index in [-0.39, 0.29) is 0 Å². The van der Waals surface area contributed by atoms with E-state index in [2.05, 4.69) is 25.3 Å².